The number of carbonyl (C=O) groups excluding carboxylic acids is 1. The van der Waals surface area contributed by atoms with Gasteiger partial charge in [0.2, 0.25) is 0 Å². The van der Waals surface area contributed by atoms with Gasteiger partial charge in [-0.2, -0.15) is 0 Å². The summed E-state index contributed by atoms with van der Waals surface area (Å²) in [6, 6.07) is 11.9. The predicted molar refractivity (Wildman–Crippen MR) is 93.0 cm³/mol. The van der Waals surface area contributed by atoms with Gasteiger partial charge in [-0.25, -0.2) is 0 Å². The molecule has 2 aromatic rings. The minimum atomic E-state index is 0.0574. The maximum absolute atomic E-state index is 12.7. The van der Waals surface area contributed by atoms with E-state index in [0.717, 1.165) is 18.7 Å². The van der Waals surface area contributed by atoms with E-state index in [4.69, 9.17) is 4.74 Å². The smallest absolute Gasteiger partial charge is 0.254 e. The highest BCUT2D eigenvalue weighted by molar-refractivity contribution is 5.94. The van der Waals surface area contributed by atoms with Crippen LogP contribution < -0.4 is 10.1 Å². The van der Waals surface area contributed by atoms with Crippen LogP contribution in [-0.2, 0) is 6.61 Å². The zero-order chi connectivity index (χ0) is 16.9. The summed E-state index contributed by atoms with van der Waals surface area (Å²) in [6.45, 7) is 6.09. The van der Waals surface area contributed by atoms with Gasteiger partial charge in [-0.05, 0) is 38.1 Å². The molecule has 1 saturated heterocycles. The van der Waals surface area contributed by atoms with Crippen molar-refractivity contribution in [2.24, 2.45) is 0 Å². The van der Waals surface area contributed by atoms with Gasteiger partial charge in [0, 0.05) is 48.7 Å². The lowest BCUT2D eigenvalue weighted by Gasteiger charge is -2.36. The lowest BCUT2D eigenvalue weighted by Crippen LogP contribution is -2.55. The van der Waals surface area contributed by atoms with Crippen LogP contribution in [0.15, 0.2) is 48.8 Å². The van der Waals surface area contributed by atoms with Crippen LogP contribution in [0.2, 0.25) is 0 Å². The van der Waals surface area contributed by atoms with E-state index in [-0.39, 0.29) is 5.91 Å². The molecule has 1 aliphatic heterocycles. The van der Waals surface area contributed by atoms with E-state index in [1.165, 1.54) is 0 Å². The topological polar surface area (TPSA) is 54.5 Å². The number of carbonyl (C=O) groups is 1. The van der Waals surface area contributed by atoms with Gasteiger partial charge >= 0.3 is 0 Å². The molecule has 0 unspecified atom stereocenters. The molecular formula is C19H23N3O2. The summed E-state index contributed by atoms with van der Waals surface area (Å²) >= 11 is 0. The van der Waals surface area contributed by atoms with E-state index in [1.54, 1.807) is 12.4 Å². The lowest BCUT2D eigenvalue weighted by molar-refractivity contribution is 0.0673. The summed E-state index contributed by atoms with van der Waals surface area (Å²) in [5, 5.41) is 3.44. The maximum atomic E-state index is 12.7. The highest BCUT2D eigenvalue weighted by Crippen LogP contribution is 2.18. The highest BCUT2D eigenvalue weighted by atomic mass is 16.5. The number of hydrogen-bond donors (Lipinski definition) is 1. The Kier molecular flexibility index (Phi) is 5.11. The van der Waals surface area contributed by atoms with Gasteiger partial charge in [0.1, 0.15) is 12.4 Å². The molecule has 126 valence electrons. The second kappa shape index (κ2) is 7.45. The lowest BCUT2D eigenvalue weighted by atomic mass is 10.1. The van der Waals surface area contributed by atoms with E-state index >= 15 is 0 Å². The van der Waals surface area contributed by atoms with Crippen LogP contribution in [0.25, 0.3) is 0 Å². The quantitative estimate of drug-likeness (QED) is 0.938. The fourth-order valence-corrected chi connectivity index (χ4v) is 3.04. The Hall–Kier alpha value is -2.40. The van der Waals surface area contributed by atoms with Gasteiger partial charge < -0.3 is 15.0 Å². The summed E-state index contributed by atoms with van der Waals surface area (Å²) in [7, 11) is 0. The van der Waals surface area contributed by atoms with Gasteiger partial charge in [0.15, 0.2) is 0 Å². The number of hydrogen-bond acceptors (Lipinski definition) is 4. The first-order valence-corrected chi connectivity index (χ1v) is 8.29. The number of nitrogens with one attached hydrogen (secondary N) is 1. The van der Waals surface area contributed by atoms with Crippen LogP contribution in [-0.4, -0.2) is 41.0 Å². The monoisotopic (exact) mass is 325 g/mol. The summed E-state index contributed by atoms with van der Waals surface area (Å²) in [5.74, 6) is 0.753. The van der Waals surface area contributed by atoms with E-state index in [1.807, 2.05) is 41.3 Å². The number of amides is 1. The Balaban J connectivity index is 1.67. The van der Waals surface area contributed by atoms with Crippen LogP contribution in [0.3, 0.4) is 0 Å². The first-order chi connectivity index (χ1) is 11.6. The van der Waals surface area contributed by atoms with Gasteiger partial charge in [0.05, 0.1) is 0 Å². The number of rotatable bonds is 4. The fraction of sp³-hybridized carbons (Fsp3) is 0.368. The van der Waals surface area contributed by atoms with Crippen molar-refractivity contribution in [3.8, 4) is 5.75 Å². The standard InChI is InChI=1S/C19H23N3O2/c1-14-11-22(12-15(2)21-14)19(23)17-6-3-7-18(9-17)24-13-16-5-4-8-20-10-16/h3-10,14-15,21H,11-13H2,1-2H3/t14-,15+. The first kappa shape index (κ1) is 16.5. The molecule has 1 N–H and O–H groups in total. The summed E-state index contributed by atoms with van der Waals surface area (Å²) in [5.41, 5.74) is 1.67. The van der Waals surface area contributed by atoms with E-state index in [0.29, 0.717) is 30.0 Å². The SMILES string of the molecule is C[C@@H]1CN(C(=O)c2cccc(OCc3cccnc3)c2)C[C@H](C)N1. The summed E-state index contributed by atoms with van der Waals surface area (Å²) in [6.07, 6.45) is 3.51. The number of nitrogens with zero attached hydrogens (tertiary/aromatic N) is 2. The average Bonchev–Trinajstić information content (AvgIpc) is 2.59. The van der Waals surface area contributed by atoms with Crippen molar-refractivity contribution in [2.75, 3.05) is 13.1 Å². The van der Waals surface area contributed by atoms with E-state index in [2.05, 4.69) is 24.1 Å². The molecule has 1 aromatic heterocycles. The molecule has 0 spiro atoms. The Morgan fingerprint density at radius 3 is 2.75 bits per heavy atom. The largest absolute Gasteiger partial charge is 0.489 e. The molecular weight excluding hydrogens is 302 g/mol. The van der Waals surface area contributed by atoms with Gasteiger partial charge in [-0.3, -0.25) is 9.78 Å². The van der Waals surface area contributed by atoms with Crippen molar-refractivity contribution < 1.29 is 9.53 Å². The highest BCUT2D eigenvalue weighted by Gasteiger charge is 2.25. The second-order valence-electron chi connectivity index (χ2n) is 6.36. The third-order valence-electron chi connectivity index (χ3n) is 4.05. The van der Waals surface area contributed by atoms with Gasteiger partial charge in [0.25, 0.3) is 5.91 Å². The number of aromatic nitrogens is 1. The summed E-state index contributed by atoms with van der Waals surface area (Å²) < 4.78 is 5.79. The predicted octanol–water partition coefficient (Wildman–Crippen LogP) is 2.48. The molecule has 2 atom stereocenters. The number of ether oxygens (including phenoxy) is 1. The Morgan fingerprint density at radius 2 is 2.04 bits per heavy atom. The molecule has 3 rings (SSSR count). The Bertz CT molecular complexity index is 680. The zero-order valence-corrected chi connectivity index (χ0v) is 14.1. The van der Waals surface area contributed by atoms with Crippen LogP contribution in [0.5, 0.6) is 5.75 Å². The molecule has 1 fully saturated rings. The number of benzene rings is 1. The molecule has 2 heterocycles. The molecule has 24 heavy (non-hydrogen) atoms. The molecule has 0 bridgehead atoms. The van der Waals surface area contributed by atoms with Gasteiger partial charge in [-0.1, -0.05) is 12.1 Å². The first-order valence-electron chi connectivity index (χ1n) is 8.29. The molecule has 5 nitrogen and oxygen atoms in total. The third kappa shape index (κ3) is 4.11. The molecule has 0 aliphatic carbocycles. The molecule has 5 heteroatoms. The molecule has 1 aliphatic rings. The Labute approximate surface area is 142 Å². The van der Waals surface area contributed by atoms with Crippen LogP contribution in [0, 0.1) is 0 Å². The minimum Gasteiger partial charge on any atom is -0.489 e. The molecule has 0 radical (unpaired) electrons. The van der Waals surface area contributed by atoms with Crippen molar-refractivity contribution in [3.05, 3.63) is 59.9 Å². The van der Waals surface area contributed by atoms with Crippen LogP contribution in [0.4, 0.5) is 0 Å². The molecule has 0 saturated carbocycles. The van der Waals surface area contributed by atoms with Crippen molar-refractivity contribution in [2.45, 2.75) is 32.5 Å². The number of piperazine rings is 1. The van der Waals surface area contributed by atoms with Crippen molar-refractivity contribution in [3.63, 3.8) is 0 Å². The van der Waals surface area contributed by atoms with Crippen molar-refractivity contribution in [1.82, 2.24) is 15.2 Å². The van der Waals surface area contributed by atoms with Crippen LogP contribution >= 0.6 is 0 Å². The van der Waals surface area contributed by atoms with E-state index in [9.17, 15) is 4.79 Å². The van der Waals surface area contributed by atoms with Crippen molar-refractivity contribution in [1.29, 1.82) is 0 Å². The molecule has 1 aromatic carbocycles. The summed E-state index contributed by atoms with van der Waals surface area (Å²) in [4.78, 5) is 18.7. The average molecular weight is 325 g/mol. The Morgan fingerprint density at radius 1 is 1.25 bits per heavy atom. The third-order valence-corrected chi connectivity index (χ3v) is 4.05. The van der Waals surface area contributed by atoms with E-state index < -0.39 is 0 Å². The van der Waals surface area contributed by atoms with Crippen LogP contribution in [0.1, 0.15) is 29.8 Å². The van der Waals surface area contributed by atoms with Crippen molar-refractivity contribution >= 4 is 5.91 Å². The molecule has 1 amide bonds. The minimum absolute atomic E-state index is 0.0574. The normalized spacial score (nSPS) is 20.7. The second-order valence-corrected chi connectivity index (χ2v) is 6.36. The fourth-order valence-electron chi connectivity index (χ4n) is 3.04. The zero-order valence-electron chi connectivity index (χ0n) is 14.1. The number of pyridine rings is 1. The van der Waals surface area contributed by atoms with Gasteiger partial charge in [-0.15, -0.1) is 0 Å². The maximum Gasteiger partial charge on any atom is 0.254 e.